The second-order valence-corrected chi connectivity index (χ2v) is 8.37. The first-order valence-electron chi connectivity index (χ1n) is 9.72. The number of aliphatic hydroxyl groups excluding tert-OH is 7. The van der Waals surface area contributed by atoms with E-state index in [0.717, 1.165) is 0 Å². The van der Waals surface area contributed by atoms with Crippen LogP contribution in [0.3, 0.4) is 0 Å². The van der Waals surface area contributed by atoms with Crippen LogP contribution in [-0.4, -0.2) is 122 Å². The highest BCUT2D eigenvalue weighted by atomic mass is 16.7. The van der Waals surface area contributed by atoms with Gasteiger partial charge in [-0.1, -0.05) is 20.8 Å². The number of carbonyl (C=O) groups is 1. The van der Waals surface area contributed by atoms with Crippen LogP contribution in [0.25, 0.3) is 0 Å². The summed E-state index contributed by atoms with van der Waals surface area (Å²) in [5.41, 5.74) is -0.580. The molecule has 1 saturated heterocycles. The summed E-state index contributed by atoms with van der Waals surface area (Å²) < 4.78 is 10.6. The second-order valence-electron chi connectivity index (χ2n) is 8.37. The van der Waals surface area contributed by atoms with Crippen LogP contribution in [0, 0.1) is 5.41 Å². The van der Waals surface area contributed by atoms with Gasteiger partial charge in [0.15, 0.2) is 12.6 Å². The van der Waals surface area contributed by atoms with Crippen molar-refractivity contribution in [1.82, 2.24) is 5.32 Å². The number of hydrogen-bond acceptors (Lipinski definition) is 12. The topological polar surface area (TPSA) is 209 Å². The fourth-order valence-corrected chi connectivity index (χ4v) is 2.95. The number of nitrogens with one attached hydrogen (secondary N) is 1. The fourth-order valence-electron chi connectivity index (χ4n) is 2.95. The molecule has 12 nitrogen and oxygen atoms in total. The summed E-state index contributed by atoms with van der Waals surface area (Å²) in [5, 5.41) is 80.4. The Bertz CT molecular complexity index is 525. The summed E-state index contributed by atoms with van der Waals surface area (Å²) in [6.07, 6.45) is -13.9. The van der Waals surface area contributed by atoms with Crippen molar-refractivity contribution in [2.45, 2.75) is 82.4 Å². The molecule has 0 amide bonds. The van der Waals surface area contributed by atoms with Gasteiger partial charge in [-0.25, -0.2) is 0 Å². The maximum Gasteiger partial charge on any atom is 0.187 e. The molecular weight excluding hydrogens is 406 g/mol. The predicted octanol–water partition coefficient (Wildman–Crippen LogP) is -4.20. The monoisotopic (exact) mass is 441 g/mol. The quantitative estimate of drug-likeness (QED) is 0.140. The van der Waals surface area contributed by atoms with Crippen LogP contribution >= 0.6 is 0 Å². The number of carbonyl (C=O) groups excluding carboxylic acids is 1. The molecule has 178 valence electrons. The molecule has 0 aromatic rings. The fraction of sp³-hybridized carbons (Fsp3) is 0.944. The molecule has 30 heavy (non-hydrogen) atoms. The van der Waals surface area contributed by atoms with Crippen LogP contribution in [0.15, 0.2) is 0 Å². The summed E-state index contributed by atoms with van der Waals surface area (Å²) in [4.78, 5) is 12.1. The van der Waals surface area contributed by atoms with Crippen LogP contribution in [0.4, 0.5) is 0 Å². The zero-order valence-electron chi connectivity index (χ0n) is 17.3. The first-order chi connectivity index (χ1) is 13.8. The minimum absolute atomic E-state index is 0.0687. The smallest absolute Gasteiger partial charge is 0.187 e. The Balaban J connectivity index is 2.92. The molecule has 0 saturated carbocycles. The summed E-state index contributed by atoms with van der Waals surface area (Å²) in [5.74, 6) is -0.0687. The van der Waals surface area contributed by atoms with Gasteiger partial charge in [0.05, 0.1) is 19.3 Å². The first kappa shape index (κ1) is 27.3. The molecule has 0 spiro atoms. The first-order valence-corrected chi connectivity index (χ1v) is 9.72. The Kier molecular flexibility index (Phi) is 10.7. The number of hydrogen-bond donors (Lipinski definition) is 9. The van der Waals surface area contributed by atoms with E-state index in [0.29, 0.717) is 0 Å². The molecule has 1 unspecified atom stereocenters. The lowest BCUT2D eigenvalue weighted by Crippen LogP contribution is -2.62. The number of rotatable bonds is 11. The van der Waals surface area contributed by atoms with Crippen molar-refractivity contribution in [3.05, 3.63) is 0 Å². The maximum absolute atomic E-state index is 12.1. The van der Waals surface area contributed by atoms with Gasteiger partial charge in [0, 0.05) is 18.4 Å². The molecule has 0 aromatic heterocycles. The largest absolute Gasteiger partial charge is 0.395 e. The van der Waals surface area contributed by atoms with E-state index in [1.807, 2.05) is 0 Å². The van der Waals surface area contributed by atoms with E-state index in [4.69, 9.17) is 9.47 Å². The Morgan fingerprint density at radius 2 is 1.67 bits per heavy atom. The molecule has 0 bridgehead atoms. The van der Waals surface area contributed by atoms with Crippen molar-refractivity contribution in [3.63, 3.8) is 0 Å². The minimum atomic E-state index is -2.29. The lowest BCUT2D eigenvalue weighted by Gasteiger charge is -2.42. The standard InChI is InChI=1S/C18H35NO11/c1-18(2,3)10(22)4-5-19-8(6-20)15(14(26)16(27)28)30-17-13(25)12(24)11(23)9(7-21)29-17/h8-9,11-17,19-21,23-28H,4-7H2,1-3H3/t8?,9-,11-,12+,13-,14+,15-,17-/m1/s1. The van der Waals surface area contributed by atoms with E-state index >= 15 is 0 Å². The Hall–Kier alpha value is -0.770. The van der Waals surface area contributed by atoms with E-state index in [9.17, 15) is 45.6 Å². The van der Waals surface area contributed by atoms with Crippen LogP contribution in [-0.2, 0) is 14.3 Å². The molecule has 0 aliphatic carbocycles. The van der Waals surface area contributed by atoms with Crippen molar-refractivity contribution >= 4 is 5.78 Å². The van der Waals surface area contributed by atoms with Gasteiger partial charge in [-0.15, -0.1) is 0 Å². The van der Waals surface area contributed by atoms with Gasteiger partial charge in [0.1, 0.15) is 42.4 Å². The zero-order valence-corrected chi connectivity index (χ0v) is 17.3. The highest BCUT2D eigenvalue weighted by Crippen LogP contribution is 2.25. The van der Waals surface area contributed by atoms with E-state index in [1.165, 1.54) is 0 Å². The number of aliphatic hydroxyl groups is 8. The maximum atomic E-state index is 12.1. The van der Waals surface area contributed by atoms with Gasteiger partial charge in [-0.05, 0) is 0 Å². The molecule has 8 atom stereocenters. The minimum Gasteiger partial charge on any atom is -0.395 e. The summed E-state index contributed by atoms with van der Waals surface area (Å²) >= 11 is 0. The van der Waals surface area contributed by atoms with E-state index in [-0.39, 0.29) is 18.7 Å². The van der Waals surface area contributed by atoms with Crippen molar-refractivity contribution in [1.29, 1.82) is 0 Å². The number of ether oxygens (including phenoxy) is 2. The molecule has 1 rings (SSSR count). The zero-order chi connectivity index (χ0) is 23.2. The summed E-state index contributed by atoms with van der Waals surface area (Å²) in [7, 11) is 0. The van der Waals surface area contributed by atoms with Crippen molar-refractivity contribution in [2.75, 3.05) is 19.8 Å². The van der Waals surface area contributed by atoms with Gasteiger partial charge in [0.2, 0.25) is 0 Å². The lowest BCUT2D eigenvalue weighted by molar-refractivity contribution is -0.326. The van der Waals surface area contributed by atoms with E-state index in [1.54, 1.807) is 20.8 Å². The van der Waals surface area contributed by atoms with Crippen LogP contribution in [0.1, 0.15) is 27.2 Å². The highest BCUT2D eigenvalue weighted by Gasteiger charge is 2.46. The van der Waals surface area contributed by atoms with Crippen LogP contribution in [0.2, 0.25) is 0 Å². The molecule has 1 aliphatic heterocycles. The third-order valence-electron chi connectivity index (χ3n) is 4.97. The molecular formula is C18H35NO11. The summed E-state index contributed by atoms with van der Waals surface area (Å²) in [6, 6.07) is -1.12. The average molecular weight is 441 g/mol. The Morgan fingerprint density at radius 3 is 2.13 bits per heavy atom. The van der Waals surface area contributed by atoms with Gasteiger partial charge >= 0.3 is 0 Å². The normalized spacial score (nSPS) is 30.9. The van der Waals surface area contributed by atoms with E-state index < -0.39 is 73.9 Å². The highest BCUT2D eigenvalue weighted by molar-refractivity contribution is 5.83. The summed E-state index contributed by atoms with van der Waals surface area (Å²) in [6.45, 7) is 3.94. The van der Waals surface area contributed by atoms with Crippen molar-refractivity contribution in [3.8, 4) is 0 Å². The third-order valence-corrected chi connectivity index (χ3v) is 4.97. The average Bonchev–Trinajstić information content (AvgIpc) is 2.68. The van der Waals surface area contributed by atoms with E-state index in [2.05, 4.69) is 5.32 Å². The second kappa shape index (κ2) is 11.7. The number of Topliss-reactive ketones (excluding diaryl/α,β-unsaturated/α-hetero) is 1. The molecule has 1 heterocycles. The van der Waals surface area contributed by atoms with Crippen molar-refractivity contribution < 1.29 is 55.1 Å². The van der Waals surface area contributed by atoms with Crippen LogP contribution in [0.5, 0.6) is 0 Å². The molecule has 12 heteroatoms. The Morgan fingerprint density at radius 1 is 1.07 bits per heavy atom. The molecule has 9 N–H and O–H groups in total. The lowest BCUT2D eigenvalue weighted by atomic mass is 9.89. The predicted molar refractivity (Wildman–Crippen MR) is 101 cm³/mol. The molecule has 0 radical (unpaired) electrons. The number of ketones is 1. The molecule has 1 fully saturated rings. The van der Waals surface area contributed by atoms with Gasteiger partial charge < -0.3 is 55.6 Å². The molecule has 1 aliphatic rings. The van der Waals surface area contributed by atoms with Gasteiger partial charge in [-0.2, -0.15) is 0 Å². The molecule has 0 aromatic carbocycles. The third kappa shape index (κ3) is 7.14. The van der Waals surface area contributed by atoms with Crippen molar-refractivity contribution in [2.24, 2.45) is 5.41 Å². The van der Waals surface area contributed by atoms with Crippen LogP contribution < -0.4 is 5.32 Å². The Labute approximate surface area is 174 Å². The SMILES string of the molecule is CC(C)(C)C(=O)CCNC(CO)[C@@H](O[C@H]1O[C@H](CO)[C@@H](O)[C@H](O)[C@H]1O)[C@H](O)C(O)O. The van der Waals surface area contributed by atoms with Gasteiger partial charge in [-0.3, -0.25) is 4.79 Å². The van der Waals surface area contributed by atoms with Gasteiger partial charge in [0.25, 0.3) is 0 Å².